The molecule has 190 valence electrons. The fourth-order valence-corrected chi connectivity index (χ4v) is 6.97. The van der Waals surface area contributed by atoms with Gasteiger partial charge in [-0.15, -0.1) is 23.5 Å². The Kier molecular flexibility index (Phi) is 9.88. The average Bonchev–Trinajstić information content (AvgIpc) is 2.85. The van der Waals surface area contributed by atoms with Gasteiger partial charge in [0, 0.05) is 20.9 Å². The van der Waals surface area contributed by atoms with Crippen molar-refractivity contribution in [1.82, 2.24) is 4.98 Å². The predicted molar refractivity (Wildman–Crippen MR) is 153 cm³/mol. The van der Waals surface area contributed by atoms with Crippen molar-refractivity contribution in [3.8, 4) is 0 Å². The number of benzene rings is 2. The maximum absolute atomic E-state index is 11.5. The molecule has 2 N–H and O–H groups in total. The third kappa shape index (κ3) is 7.51. The highest BCUT2D eigenvalue weighted by Gasteiger charge is 2.29. The topological polar surface area (TPSA) is 87.5 Å². The number of hydrogen-bond acceptors (Lipinski definition) is 5. The SMILES string of the molecule is C[C@H](SC(S[C@@H](C)[C@@H](C)C(=O)O)c1cccc(/C=C/c2ccc3ccc(Cl)cc3n2)c1)[C@@H](C)C(=O)O. The summed E-state index contributed by atoms with van der Waals surface area (Å²) in [4.78, 5) is 27.7. The number of aliphatic carboxylic acids is 2. The van der Waals surface area contributed by atoms with E-state index in [0.717, 1.165) is 27.7 Å². The fraction of sp³-hybridized carbons (Fsp3) is 0.321. The Balaban J connectivity index is 1.86. The average molecular weight is 544 g/mol. The first-order valence-electron chi connectivity index (χ1n) is 11.7. The summed E-state index contributed by atoms with van der Waals surface area (Å²) in [5.74, 6) is -2.74. The van der Waals surface area contributed by atoms with E-state index < -0.39 is 23.8 Å². The van der Waals surface area contributed by atoms with Crippen LogP contribution in [-0.4, -0.2) is 37.6 Å². The molecule has 3 aromatic rings. The molecule has 3 rings (SSSR count). The van der Waals surface area contributed by atoms with Crippen molar-refractivity contribution < 1.29 is 19.8 Å². The molecule has 0 unspecified atom stereocenters. The van der Waals surface area contributed by atoms with Gasteiger partial charge in [-0.3, -0.25) is 9.59 Å². The van der Waals surface area contributed by atoms with Gasteiger partial charge in [0.25, 0.3) is 0 Å². The van der Waals surface area contributed by atoms with Gasteiger partial charge in [-0.25, -0.2) is 4.98 Å². The van der Waals surface area contributed by atoms with E-state index in [4.69, 9.17) is 11.6 Å². The first kappa shape index (κ1) is 28.1. The van der Waals surface area contributed by atoms with Crippen LogP contribution < -0.4 is 0 Å². The van der Waals surface area contributed by atoms with Gasteiger partial charge in [-0.05, 0) is 41.5 Å². The van der Waals surface area contributed by atoms with E-state index in [0.29, 0.717) is 5.02 Å². The van der Waals surface area contributed by atoms with E-state index in [1.54, 1.807) is 37.4 Å². The van der Waals surface area contributed by atoms with Crippen molar-refractivity contribution >= 4 is 70.1 Å². The van der Waals surface area contributed by atoms with Gasteiger partial charge in [0.1, 0.15) is 0 Å². The zero-order valence-electron chi connectivity index (χ0n) is 20.6. The molecule has 0 saturated carbocycles. The molecule has 0 spiro atoms. The van der Waals surface area contributed by atoms with Crippen LogP contribution in [0.2, 0.25) is 5.02 Å². The number of pyridine rings is 1. The Morgan fingerprint density at radius 1 is 0.861 bits per heavy atom. The van der Waals surface area contributed by atoms with Crippen LogP contribution in [0.15, 0.2) is 54.6 Å². The molecule has 0 bridgehead atoms. The summed E-state index contributed by atoms with van der Waals surface area (Å²) < 4.78 is -0.118. The molecule has 0 radical (unpaired) electrons. The largest absolute Gasteiger partial charge is 0.481 e. The van der Waals surface area contributed by atoms with Crippen LogP contribution in [0, 0.1) is 11.8 Å². The number of carbonyl (C=O) groups is 2. The number of carboxylic acids is 2. The number of fused-ring (bicyclic) bond motifs is 1. The molecule has 0 saturated heterocycles. The van der Waals surface area contributed by atoms with Crippen molar-refractivity contribution in [2.24, 2.45) is 11.8 Å². The Hall–Kier alpha value is -2.48. The normalized spacial score (nSPS) is 15.2. The van der Waals surface area contributed by atoms with Crippen molar-refractivity contribution in [2.45, 2.75) is 42.8 Å². The quantitative estimate of drug-likeness (QED) is 0.239. The lowest BCUT2D eigenvalue weighted by Crippen LogP contribution is -2.23. The first-order valence-corrected chi connectivity index (χ1v) is 13.9. The lowest BCUT2D eigenvalue weighted by atomic mass is 10.1. The van der Waals surface area contributed by atoms with Crippen LogP contribution in [0.25, 0.3) is 23.1 Å². The zero-order valence-corrected chi connectivity index (χ0v) is 23.0. The van der Waals surface area contributed by atoms with Gasteiger partial charge in [-0.1, -0.05) is 75.7 Å². The molecule has 0 fully saturated rings. The van der Waals surface area contributed by atoms with Gasteiger partial charge < -0.3 is 10.2 Å². The van der Waals surface area contributed by atoms with Crippen LogP contribution in [0.5, 0.6) is 0 Å². The number of thioether (sulfide) groups is 2. The summed E-state index contributed by atoms with van der Waals surface area (Å²) in [5, 5.41) is 20.3. The number of carboxylic acid groups (broad SMARTS) is 2. The Labute approximate surface area is 225 Å². The number of nitrogens with zero attached hydrogens (tertiary/aromatic N) is 1. The van der Waals surface area contributed by atoms with Crippen molar-refractivity contribution in [3.63, 3.8) is 0 Å². The maximum Gasteiger partial charge on any atom is 0.307 e. The molecule has 4 atom stereocenters. The smallest absolute Gasteiger partial charge is 0.307 e. The van der Waals surface area contributed by atoms with Gasteiger partial charge >= 0.3 is 11.9 Å². The summed E-state index contributed by atoms with van der Waals surface area (Å²) in [6.07, 6.45) is 3.93. The molecule has 1 aromatic heterocycles. The molecule has 36 heavy (non-hydrogen) atoms. The minimum absolute atomic E-state index is 0.118. The zero-order chi connectivity index (χ0) is 26.4. The van der Waals surface area contributed by atoms with Crippen LogP contribution in [-0.2, 0) is 9.59 Å². The second kappa shape index (κ2) is 12.7. The van der Waals surface area contributed by atoms with Gasteiger partial charge in [0.2, 0.25) is 0 Å². The van der Waals surface area contributed by atoms with E-state index >= 15 is 0 Å². The molecule has 5 nitrogen and oxygen atoms in total. The lowest BCUT2D eigenvalue weighted by molar-refractivity contribution is -0.141. The monoisotopic (exact) mass is 543 g/mol. The predicted octanol–water partition coefficient (Wildman–Crippen LogP) is 7.74. The highest BCUT2D eigenvalue weighted by Crippen LogP contribution is 2.46. The molecule has 2 aromatic carbocycles. The first-order chi connectivity index (χ1) is 17.0. The van der Waals surface area contributed by atoms with Gasteiger partial charge in [0.05, 0.1) is 27.6 Å². The van der Waals surface area contributed by atoms with Crippen LogP contribution in [0.4, 0.5) is 0 Å². The maximum atomic E-state index is 11.5. The molecule has 0 aliphatic rings. The Morgan fingerprint density at radius 3 is 2.08 bits per heavy atom. The highest BCUT2D eigenvalue weighted by molar-refractivity contribution is 8.16. The van der Waals surface area contributed by atoms with E-state index in [2.05, 4.69) is 11.1 Å². The molecule has 1 heterocycles. The van der Waals surface area contributed by atoms with Crippen LogP contribution in [0.1, 0.15) is 49.1 Å². The Bertz CT molecular complexity index is 1240. The van der Waals surface area contributed by atoms with Crippen LogP contribution in [0.3, 0.4) is 0 Å². The minimum Gasteiger partial charge on any atom is -0.481 e. The van der Waals surface area contributed by atoms with Gasteiger partial charge in [-0.2, -0.15) is 0 Å². The standard InChI is InChI=1S/C28H30ClNO4S2/c1-16(26(31)32)18(3)35-28(36-19(4)17(2)27(33)34)22-7-5-6-20(14-22)8-12-24-13-10-21-9-11-23(29)15-25(21)30-24/h5-19,28H,1-4H3,(H,31,32)(H,33,34)/b12-8+/t16-,17-,18+,19+/m1/s1. The summed E-state index contributed by atoms with van der Waals surface area (Å²) in [5.41, 5.74) is 3.63. The van der Waals surface area contributed by atoms with Crippen LogP contribution >= 0.6 is 35.1 Å². The number of aromatic nitrogens is 1. The van der Waals surface area contributed by atoms with Crippen molar-refractivity contribution in [2.75, 3.05) is 0 Å². The minimum atomic E-state index is -0.841. The molecule has 0 amide bonds. The van der Waals surface area contributed by atoms with Crippen molar-refractivity contribution in [3.05, 3.63) is 76.4 Å². The summed E-state index contributed by atoms with van der Waals surface area (Å²) >= 11 is 9.22. The third-order valence-electron chi connectivity index (χ3n) is 6.17. The Morgan fingerprint density at radius 2 is 1.47 bits per heavy atom. The molecule has 8 heteroatoms. The van der Waals surface area contributed by atoms with E-state index in [9.17, 15) is 19.8 Å². The molecular formula is C28H30ClNO4S2. The van der Waals surface area contributed by atoms with Crippen molar-refractivity contribution in [1.29, 1.82) is 0 Å². The third-order valence-corrected chi connectivity index (χ3v) is 9.78. The fourth-order valence-electron chi connectivity index (χ4n) is 3.41. The molecular weight excluding hydrogens is 514 g/mol. The number of rotatable bonds is 11. The lowest BCUT2D eigenvalue weighted by Gasteiger charge is -2.27. The summed E-state index contributed by atoms with van der Waals surface area (Å²) in [6.45, 7) is 7.22. The van der Waals surface area contributed by atoms with E-state index in [1.807, 2.05) is 74.5 Å². The molecule has 0 aliphatic carbocycles. The molecule has 0 aliphatic heterocycles. The number of hydrogen-bond donors (Lipinski definition) is 2. The summed E-state index contributed by atoms with van der Waals surface area (Å²) in [6, 6.07) is 17.6. The van der Waals surface area contributed by atoms with Gasteiger partial charge in [0.15, 0.2) is 0 Å². The second-order valence-corrected chi connectivity index (χ2v) is 12.6. The number of halogens is 1. The van der Waals surface area contributed by atoms with E-state index in [-0.39, 0.29) is 15.1 Å². The van der Waals surface area contributed by atoms with E-state index in [1.165, 1.54) is 0 Å². The highest BCUT2D eigenvalue weighted by atomic mass is 35.5. The second-order valence-electron chi connectivity index (χ2n) is 8.84. The summed E-state index contributed by atoms with van der Waals surface area (Å²) in [7, 11) is 0.